The van der Waals surface area contributed by atoms with Gasteiger partial charge in [-0.3, -0.25) is 4.79 Å². The summed E-state index contributed by atoms with van der Waals surface area (Å²) in [6.45, 7) is 5.08. The monoisotopic (exact) mass is 378 g/mol. The van der Waals surface area contributed by atoms with Crippen molar-refractivity contribution in [1.29, 1.82) is 5.41 Å². The molecular weight excluding hydrogens is 348 g/mol. The Morgan fingerprint density at radius 3 is 2.04 bits per heavy atom. The van der Waals surface area contributed by atoms with Crippen LogP contribution in [0.2, 0.25) is 0 Å². The predicted molar refractivity (Wildman–Crippen MR) is 113 cm³/mol. The van der Waals surface area contributed by atoms with Crippen LogP contribution < -0.4 is 0 Å². The SMILES string of the molecule is CC(=N)CC(=O)OCCCN1CCC(c2ccccc2)(c2ccccc2)CC1. The van der Waals surface area contributed by atoms with Gasteiger partial charge in [-0.25, -0.2) is 0 Å². The van der Waals surface area contributed by atoms with Crippen molar-refractivity contribution in [2.24, 2.45) is 0 Å². The van der Waals surface area contributed by atoms with E-state index < -0.39 is 0 Å². The highest BCUT2D eigenvalue weighted by Gasteiger charge is 2.37. The number of nitrogens with zero attached hydrogens (tertiary/aromatic N) is 1. The first-order valence-electron chi connectivity index (χ1n) is 10.1. The third kappa shape index (κ3) is 5.08. The van der Waals surface area contributed by atoms with Crippen molar-refractivity contribution in [2.45, 2.75) is 38.0 Å². The van der Waals surface area contributed by atoms with Gasteiger partial charge in [-0.2, -0.15) is 0 Å². The minimum absolute atomic E-state index is 0.0764. The quantitative estimate of drug-likeness (QED) is 0.420. The lowest BCUT2D eigenvalue weighted by Gasteiger charge is -2.43. The number of ether oxygens (including phenoxy) is 1. The molecule has 0 aliphatic carbocycles. The van der Waals surface area contributed by atoms with Crippen LogP contribution in [0, 0.1) is 5.41 Å². The molecule has 0 saturated carbocycles. The molecule has 3 rings (SSSR count). The Bertz CT molecular complexity index is 724. The molecule has 2 aromatic rings. The summed E-state index contributed by atoms with van der Waals surface area (Å²) in [4.78, 5) is 14.0. The normalized spacial score (nSPS) is 16.5. The number of nitrogens with one attached hydrogen (secondary N) is 1. The first kappa shape index (κ1) is 20.3. The van der Waals surface area contributed by atoms with Crippen molar-refractivity contribution in [1.82, 2.24) is 4.90 Å². The predicted octanol–water partition coefficient (Wildman–Crippen LogP) is 4.43. The van der Waals surface area contributed by atoms with Crippen molar-refractivity contribution < 1.29 is 9.53 Å². The van der Waals surface area contributed by atoms with Gasteiger partial charge in [0.25, 0.3) is 0 Å². The first-order valence-corrected chi connectivity index (χ1v) is 10.1. The maximum atomic E-state index is 11.5. The molecule has 4 heteroatoms. The number of likely N-dealkylation sites (tertiary alicyclic amines) is 1. The molecule has 4 nitrogen and oxygen atoms in total. The van der Waals surface area contributed by atoms with E-state index in [1.807, 2.05) is 0 Å². The number of piperidine rings is 1. The molecule has 0 atom stereocenters. The molecule has 0 amide bonds. The van der Waals surface area contributed by atoms with Gasteiger partial charge in [0.05, 0.1) is 13.0 Å². The summed E-state index contributed by atoms with van der Waals surface area (Å²) in [5.41, 5.74) is 3.22. The summed E-state index contributed by atoms with van der Waals surface area (Å²) < 4.78 is 5.22. The van der Waals surface area contributed by atoms with E-state index >= 15 is 0 Å². The Balaban J connectivity index is 1.57. The third-order valence-electron chi connectivity index (χ3n) is 5.65. The fourth-order valence-corrected chi connectivity index (χ4v) is 4.16. The number of esters is 1. The zero-order chi connectivity index (χ0) is 19.8. The maximum absolute atomic E-state index is 11.5. The van der Waals surface area contributed by atoms with E-state index in [9.17, 15) is 4.79 Å². The average molecular weight is 379 g/mol. The van der Waals surface area contributed by atoms with Crippen molar-refractivity contribution in [3.05, 3.63) is 71.8 Å². The highest BCUT2D eigenvalue weighted by molar-refractivity contribution is 5.95. The second-order valence-electron chi connectivity index (χ2n) is 7.69. The lowest BCUT2D eigenvalue weighted by molar-refractivity contribution is -0.142. The molecule has 1 heterocycles. The zero-order valence-corrected chi connectivity index (χ0v) is 16.7. The Labute approximate surface area is 168 Å². The summed E-state index contributed by atoms with van der Waals surface area (Å²) in [7, 11) is 0. The van der Waals surface area contributed by atoms with Crippen LogP contribution in [0.1, 0.15) is 43.7 Å². The molecule has 0 bridgehead atoms. The van der Waals surface area contributed by atoms with Crippen LogP contribution in [-0.2, 0) is 14.9 Å². The van der Waals surface area contributed by atoms with Crippen LogP contribution in [0.5, 0.6) is 0 Å². The molecular formula is C24H30N2O2. The highest BCUT2D eigenvalue weighted by Crippen LogP contribution is 2.41. The van der Waals surface area contributed by atoms with Gasteiger partial charge >= 0.3 is 5.97 Å². The standard InChI is InChI=1S/C24H30N2O2/c1-20(25)19-23(27)28-18-8-15-26-16-13-24(14-17-26,21-9-4-2-5-10-21)22-11-6-3-7-12-22/h2-7,9-12,25H,8,13-19H2,1H3. The molecule has 1 N–H and O–H groups in total. The molecule has 0 unspecified atom stereocenters. The molecule has 1 aliphatic heterocycles. The summed E-state index contributed by atoms with van der Waals surface area (Å²) in [5, 5.41) is 7.34. The van der Waals surface area contributed by atoms with Crippen LogP contribution in [0.3, 0.4) is 0 Å². The topological polar surface area (TPSA) is 53.4 Å². The van der Waals surface area contributed by atoms with E-state index in [2.05, 4.69) is 65.6 Å². The lowest BCUT2D eigenvalue weighted by Crippen LogP contribution is -2.43. The minimum atomic E-state index is -0.293. The molecule has 1 saturated heterocycles. The number of benzene rings is 2. The van der Waals surface area contributed by atoms with Gasteiger partial charge in [0.2, 0.25) is 0 Å². The molecule has 2 aromatic carbocycles. The van der Waals surface area contributed by atoms with E-state index in [0.717, 1.165) is 38.9 Å². The van der Waals surface area contributed by atoms with Crippen molar-refractivity contribution in [2.75, 3.05) is 26.2 Å². The third-order valence-corrected chi connectivity index (χ3v) is 5.65. The fraction of sp³-hybridized carbons (Fsp3) is 0.417. The maximum Gasteiger partial charge on any atom is 0.311 e. The van der Waals surface area contributed by atoms with Gasteiger partial charge in [0, 0.05) is 17.7 Å². The summed E-state index contributed by atoms with van der Waals surface area (Å²) in [5.74, 6) is -0.293. The Hall–Kier alpha value is -2.46. The van der Waals surface area contributed by atoms with E-state index in [-0.39, 0.29) is 17.8 Å². The van der Waals surface area contributed by atoms with Gasteiger partial charge in [-0.15, -0.1) is 0 Å². The van der Waals surface area contributed by atoms with Crippen LogP contribution in [-0.4, -0.2) is 42.8 Å². The molecule has 0 spiro atoms. The highest BCUT2D eigenvalue weighted by atomic mass is 16.5. The second kappa shape index (κ2) is 9.65. The number of hydrogen-bond donors (Lipinski definition) is 1. The van der Waals surface area contributed by atoms with Gasteiger partial charge in [0.1, 0.15) is 0 Å². The smallest absolute Gasteiger partial charge is 0.311 e. The number of carbonyl (C=O) groups excluding carboxylic acids is 1. The van der Waals surface area contributed by atoms with E-state index in [1.165, 1.54) is 11.1 Å². The molecule has 0 radical (unpaired) electrons. The number of carbonyl (C=O) groups is 1. The largest absolute Gasteiger partial charge is 0.465 e. The Morgan fingerprint density at radius 2 is 1.54 bits per heavy atom. The molecule has 1 aliphatic rings. The van der Waals surface area contributed by atoms with Crippen LogP contribution >= 0.6 is 0 Å². The summed E-state index contributed by atoms with van der Waals surface area (Å²) in [6, 6.07) is 21.7. The summed E-state index contributed by atoms with van der Waals surface area (Å²) in [6.07, 6.45) is 3.12. The Kier molecular flexibility index (Phi) is 6.99. The Morgan fingerprint density at radius 1 is 1.00 bits per heavy atom. The number of rotatable bonds is 8. The van der Waals surface area contributed by atoms with Gasteiger partial charge in [-0.1, -0.05) is 60.7 Å². The molecule has 0 aromatic heterocycles. The minimum Gasteiger partial charge on any atom is -0.465 e. The summed E-state index contributed by atoms with van der Waals surface area (Å²) >= 11 is 0. The lowest BCUT2D eigenvalue weighted by atomic mass is 9.68. The van der Waals surface area contributed by atoms with Crippen LogP contribution in [0.15, 0.2) is 60.7 Å². The molecule has 28 heavy (non-hydrogen) atoms. The van der Waals surface area contributed by atoms with Crippen LogP contribution in [0.25, 0.3) is 0 Å². The number of hydrogen-bond acceptors (Lipinski definition) is 4. The molecule has 1 fully saturated rings. The fourth-order valence-electron chi connectivity index (χ4n) is 4.16. The molecule has 148 valence electrons. The van der Waals surface area contributed by atoms with E-state index in [1.54, 1.807) is 6.92 Å². The first-order chi connectivity index (χ1) is 13.6. The average Bonchev–Trinajstić information content (AvgIpc) is 2.72. The van der Waals surface area contributed by atoms with Crippen molar-refractivity contribution in [3.8, 4) is 0 Å². The van der Waals surface area contributed by atoms with Gasteiger partial charge in [-0.05, 0) is 50.4 Å². The van der Waals surface area contributed by atoms with Gasteiger partial charge in [0.15, 0.2) is 0 Å². The van der Waals surface area contributed by atoms with Gasteiger partial charge < -0.3 is 15.0 Å². The zero-order valence-electron chi connectivity index (χ0n) is 16.7. The van der Waals surface area contributed by atoms with Crippen LogP contribution in [0.4, 0.5) is 0 Å². The van der Waals surface area contributed by atoms with Crippen molar-refractivity contribution >= 4 is 11.7 Å². The van der Waals surface area contributed by atoms with E-state index in [4.69, 9.17) is 10.1 Å². The van der Waals surface area contributed by atoms with Crippen molar-refractivity contribution in [3.63, 3.8) is 0 Å². The van der Waals surface area contributed by atoms with E-state index in [0.29, 0.717) is 12.3 Å². The second-order valence-corrected chi connectivity index (χ2v) is 7.69.